The van der Waals surface area contributed by atoms with Crippen molar-refractivity contribution >= 4 is 17.6 Å². The van der Waals surface area contributed by atoms with E-state index < -0.39 is 0 Å². The minimum Gasteiger partial charge on any atom is -0.497 e. The summed E-state index contributed by atoms with van der Waals surface area (Å²) in [5.74, 6) is 0.985. The predicted molar refractivity (Wildman–Crippen MR) is 108 cm³/mol. The molecule has 28 heavy (non-hydrogen) atoms. The van der Waals surface area contributed by atoms with Gasteiger partial charge in [-0.25, -0.2) is 4.79 Å². The van der Waals surface area contributed by atoms with E-state index in [1.807, 2.05) is 28.0 Å². The number of carbonyl (C=O) groups is 2. The fourth-order valence-corrected chi connectivity index (χ4v) is 4.11. The van der Waals surface area contributed by atoms with Gasteiger partial charge in [-0.15, -0.1) is 0 Å². The van der Waals surface area contributed by atoms with Crippen LogP contribution < -0.4 is 15.0 Å². The number of rotatable bonds is 4. The zero-order valence-corrected chi connectivity index (χ0v) is 16.6. The highest BCUT2D eigenvalue weighted by atomic mass is 16.5. The molecule has 0 bridgehead atoms. The molecule has 7 nitrogen and oxygen atoms in total. The fourth-order valence-electron chi connectivity index (χ4n) is 4.11. The van der Waals surface area contributed by atoms with Gasteiger partial charge in [0.1, 0.15) is 5.75 Å². The maximum Gasteiger partial charge on any atom is 0.317 e. The Bertz CT molecular complexity index is 713. The highest BCUT2D eigenvalue weighted by molar-refractivity contribution is 5.81. The molecule has 1 aromatic rings. The summed E-state index contributed by atoms with van der Waals surface area (Å²) in [6.07, 6.45) is 3.94. The second-order valence-corrected chi connectivity index (χ2v) is 8.02. The molecule has 2 aliphatic heterocycles. The summed E-state index contributed by atoms with van der Waals surface area (Å²) in [4.78, 5) is 31.4. The molecule has 2 heterocycles. The Morgan fingerprint density at radius 1 is 1.04 bits per heavy atom. The second kappa shape index (κ2) is 8.29. The number of hydrogen-bond acceptors (Lipinski definition) is 4. The minimum atomic E-state index is -0.0675. The summed E-state index contributed by atoms with van der Waals surface area (Å²) in [5, 5.41) is 3.04. The third-order valence-electron chi connectivity index (χ3n) is 5.97. The molecule has 1 N–H and O–H groups in total. The second-order valence-electron chi connectivity index (χ2n) is 8.02. The summed E-state index contributed by atoms with van der Waals surface area (Å²) >= 11 is 0. The van der Waals surface area contributed by atoms with Crippen LogP contribution in [0.2, 0.25) is 0 Å². The number of benzene rings is 1. The van der Waals surface area contributed by atoms with Crippen molar-refractivity contribution in [3.05, 3.63) is 24.3 Å². The quantitative estimate of drug-likeness (QED) is 0.859. The Morgan fingerprint density at radius 2 is 1.82 bits per heavy atom. The van der Waals surface area contributed by atoms with Gasteiger partial charge in [-0.2, -0.15) is 0 Å². The van der Waals surface area contributed by atoms with Gasteiger partial charge in [0, 0.05) is 57.1 Å². The minimum absolute atomic E-state index is 0.00263. The molecule has 1 aromatic carbocycles. The van der Waals surface area contributed by atoms with Gasteiger partial charge in [-0.05, 0) is 37.8 Å². The van der Waals surface area contributed by atoms with Crippen LogP contribution in [0.4, 0.5) is 10.5 Å². The first-order chi connectivity index (χ1) is 13.6. The van der Waals surface area contributed by atoms with Crippen molar-refractivity contribution in [3.8, 4) is 5.75 Å². The van der Waals surface area contributed by atoms with E-state index in [4.69, 9.17) is 4.74 Å². The number of ether oxygens (including phenoxy) is 1. The smallest absolute Gasteiger partial charge is 0.317 e. The summed E-state index contributed by atoms with van der Waals surface area (Å²) in [6, 6.07) is 8.41. The fraction of sp³-hybridized carbons (Fsp3) is 0.619. The molecular formula is C21H30N4O3. The Hall–Kier alpha value is -2.44. The number of amides is 3. The number of carbonyl (C=O) groups excluding carboxylic acids is 2. The first kappa shape index (κ1) is 18.9. The van der Waals surface area contributed by atoms with Crippen LogP contribution in [0.25, 0.3) is 0 Å². The molecule has 152 valence electrons. The normalized spacial score (nSPS) is 22.8. The lowest BCUT2D eigenvalue weighted by molar-refractivity contribution is -0.137. The zero-order valence-electron chi connectivity index (χ0n) is 16.6. The SMILES string of the molecule is COc1cccc(N2CCN(C(=O)C3CCCN(C(=O)NC4CC4)C3)CC2)c1. The Labute approximate surface area is 166 Å². The van der Waals surface area contributed by atoms with Gasteiger partial charge in [0.25, 0.3) is 0 Å². The average molecular weight is 386 g/mol. The highest BCUT2D eigenvalue weighted by Crippen LogP contribution is 2.25. The number of piperidine rings is 1. The maximum absolute atomic E-state index is 13.0. The summed E-state index contributed by atoms with van der Waals surface area (Å²) in [7, 11) is 1.67. The average Bonchev–Trinajstić information content (AvgIpc) is 3.57. The number of nitrogens with one attached hydrogen (secondary N) is 1. The molecule has 7 heteroatoms. The molecular weight excluding hydrogens is 356 g/mol. The molecule has 3 fully saturated rings. The van der Waals surface area contributed by atoms with Crippen LogP contribution in [0.3, 0.4) is 0 Å². The zero-order chi connectivity index (χ0) is 19.5. The number of methoxy groups -OCH3 is 1. The van der Waals surface area contributed by atoms with Crippen molar-refractivity contribution in [2.24, 2.45) is 5.92 Å². The first-order valence-electron chi connectivity index (χ1n) is 10.4. The van der Waals surface area contributed by atoms with Crippen LogP contribution >= 0.6 is 0 Å². The molecule has 4 rings (SSSR count). The summed E-state index contributed by atoms with van der Waals surface area (Å²) in [6.45, 7) is 4.38. The van der Waals surface area contributed by atoms with E-state index in [1.165, 1.54) is 0 Å². The lowest BCUT2D eigenvalue weighted by Crippen LogP contribution is -2.54. The topological polar surface area (TPSA) is 65.1 Å². The largest absolute Gasteiger partial charge is 0.497 e. The van der Waals surface area contributed by atoms with E-state index in [9.17, 15) is 9.59 Å². The third-order valence-corrected chi connectivity index (χ3v) is 5.97. The number of hydrogen-bond donors (Lipinski definition) is 1. The van der Waals surface area contributed by atoms with Crippen LogP contribution in [-0.2, 0) is 4.79 Å². The van der Waals surface area contributed by atoms with Gasteiger partial charge >= 0.3 is 6.03 Å². The van der Waals surface area contributed by atoms with Crippen LogP contribution in [-0.4, -0.2) is 74.2 Å². The Balaban J connectivity index is 1.30. The number of nitrogens with zero attached hydrogens (tertiary/aromatic N) is 3. The van der Waals surface area contributed by atoms with Crippen LogP contribution in [0.15, 0.2) is 24.3 Å². The number of urea groups is 1. The molecule has 1 aliphatic carbocycles. The van der Waals surface area contributed by atoms with Gasteiger partial charge in [0.15, 0.2) is 0 Å². The molecule has 1 atom stereocenters. The van der Waals surface area contributed by atoms with Crippen molar-refractivity contribution in [2.45, 2.75) is 31.7 Å². The van der Waals surface area contributed by atoms with Crippen LogP contribution in [0.5, 0.6) is 5.75 Å². The number of likely N-dealkylation sites (tertiary alicyclic amines) is 1. The van der Waals surface area contributed by atoms with Gasteiger partial charge < -0.3 is 24.8 Å². The monoisotopic (exact) mass is 386 g/mol. The molecule has 3 amide bonds. The van der Waals surface area contributed by atoms with Crippen LogP contribution in [0.1, 0.15) is 25.7 Å². The van der Waals surface area contributed by atoms with Crippen molar-refractivity contribution in [3.63, 3.8) is 0 Å². The highest BCUT2D eigenvalue weighted by Gasteiger charge is 2.34. The standard InChI is InChI=1S/C21H30N4O3/c1-28-19-6-2-5-18(14-19)23-10-12-24(13-11-23)20(26)16-4-3-9-25(15-16)21(27)22-17-7-8-17/h2,5-6,14,16-17H,3-4,7-13,15H2,1H3,(H,22,27). The third kappa shape index (κ3) is 4.34. The van der Waals surface area contributed by atoms with Crippen molar-refractivity contribution < 1.29 is 14.3 Å². The van der Waals surface area contributed by atoms with Gasteiger partial charge in [0.2, 0.25) is 5.91 Å². The summed E-state index contributed by atoms with van der Waals surface area (Å²) in [5.41, 5.74) is 1.13. The lowest BCUT2D eigenvalue weighted by Gasteiger charge is -2.39. The van der Waals surface area contributed by atoms with E-state index in [2.05, 4.69) is 16.3 Å². The van der Waals surface area contributed by atoms with E-state index in [-0.39, 0.29) is 17.9 Å². The molecule has 1 saturated carbocycles. The predicted octanol–water partition coefficient (Wildman–Crippen LogP) is 1.93. The lowest BCUT2D eigenvalue weighted by atomic mass is 9.96. The maximum atomic E-state index is 13.0. The van der Waals surface area contributed by atoms with Crippen molar-refractivity contribution in [1.82, 2.24) is 15.1 Å². The van der Waals surface area contributed by atoms with E-state index >= 15 is 0 Å². The van der Waals surface area contributed by atoms with E-state index in [0.717, 1.165) is 69.8 Å². The van der Waals surface area contributed by atoms with E-state index in [1.54, 1.807) is 7.11 Å². The molecule has 0 radical (unpaired) electrons. The first-order valence-corrected chi connectivity index (χ1v) is 10.4. The van der Waals surface area contributed by atoms with Gasteiger partial charge in [-0.3, -0.25) is 4.79 Å². The Kier molecular flexibility index (Phi) is 5.59. The molecule has 0 aromatic heterocycles. The molecule has 0 spiro atoms. The molecule has 1 unspecified atom stereocenters. The number of piperazine rings is 1. The van der Waals surface area contributed by atoms with E-state index in [0.29, 0.717) is 12.6 Å². The number of anilines is 1. The molecule has 3 aliphatic rings. The molecule has 2 saturated heterocycles. The van der Waals surface area contributed by atoms with Crippen molar-refractivity contribution in [1.29, 1.82) is 0 Å². The summed E-state index contributed by atoms with van der Waals surface area (Å²) < 4.78 is 5.31. The van der Waals surface area contributed by atoms with Crippen LogP contribution in [0, 0.1) is 5.92 Å². The van der Waals surface area contributed by atoms with Gasteiger partial charge in [0.05, 0.1) is 13.0 Å². The Morgan fingerprint density at radius 3 is 2.54 bits per heavy atom. The van der Waals surface area contributed by atoms with Crippen molar-refractivity contribution in [2.75, 3.05) is 51.3 Å². The van der Waals surface area contributed by atoms with Gasteiger partial charge in [-0.1, -0.05) is 6.07 Å².